The van der Waals surface area contributed by atoms with Gasteiger partial charge in [0.2, 0.25) is 17.2 Å². The standard InChI is InChI=1S/C40H46N4O8/c1-47-23-25-51-29-27-49-21-19-43-33(5-3-31-11-15-41-16-12-31)7-9-35(43)37-39(45)38(40(37)46)36-10-8-34(6-4-32-13-17-42-18-14-32)44(36)20-22-50-28-30-52-26-24-48-2/h3-18H,19-30H2,1-2H3/p+1. The molecule has 0 saturated heterocycles. The lowest BCUT2D eigenvalue weighted by molar-refractivity contribution is -0.472. The van der Waals surface area contributed by atoms with Crippen molar-refractivity contribution in [2.45, 2.75) is 6.54 Å². The van der Waals surface area contributed by atoms with E-state index >= 15 is 0 Å². The van der Waals surface area contributed by atoms with Gasteiger partial charge in [-0.2, -0.15) is 4.58 Å². The Kier molecular flexibility index (Phi) is 15.4. The third kappa shape index (κ3) is 10.6. The zero-order chi connectivity index (χ0) is 36.4. The summed E-state index contributed by atoms with van der Waals surface area (Å²) >= 11 is 0. The van der Waals surface area contributed by atoms with Gasteiger partial charge >= 0.3 is 0 Å². The monoisotopic (exact) mass is 711 g/mol. The molecule has 274 valence electrons. The molecule has 1 aliphatic carbocycles. The summed E-state index contributed by atoms with van der Waals surface area (Å²) in [5.41, 5.74) is 5.49. The second-order valence-electron chi connectivity index (χ2n) is 11.7. The third-order valence-electron chi connectivity index (χ3n) is 8.30. The first-order valence-electron chi connectivity index (χ1n) is 17.3. The molecule has 0 amide bonds. The SMILES string of the molecule is COCCOCCOCCn1c(/C=C/c2ccncc2)ccc1C1=C(O)/C(=C2/C=CC(/C=C\c3ccncc3)=[N+]2CCOCCOCCOC)C1=O. The number of Topliss-reactive ketones (excluding diaryl/α,β-unsaturated/α-hetero) is 1. The number of aliphatic hydroxyl groups is 1. The number of methoxy groups -OCH3 is 2. The van der Waals surface area contributed by atoms with Gasteiger partial charge < -0.3 is 38.1 Å². The van der Waals surface area contributed by atoms with Crippen LogP contribution in [0.3, 0.4) is 0 Å². The Labute approximate surface area is 304 Å². The Morgan fingerprint density at radius 2 is 1.21 bits per heavy atom. The first kappa shape index (κ1) is 38.4. The highest BCUT2D eigenvalue weighted by Crippen LogP contribution is 2.40. The summed E-state index contributed by atoms with van der Waals surface area (Å²) in [4.78, 5) is 22.2. The molecule has 52 heavy (non-hydrogen) atoms. The third-order valence-corrected chi connectivity index (χ3v) is 8.30. The molecule has 0 bridgehead atoms. The molecule has 12 heteroatoms. The van der Waals surface area contributed by atoms with Gasteiger partial charge in [-0.05, 0) is 59.7 Å². The van der Waals surface area contributed by atoms with Crippen LogP contribution in [0.2, 0.25) is 0 Å². The van der Waals surface area contributed by atoms with Crippen molar-refractivity contribution in [1.82, 2.24) is 14.5 Å². The number of carbonyl (C=O) groups excluding carboxylic acids is 1. The summed E-state index contributed by atoms with van der Waals surface area (Å²) in [6.45, 7) is 5.50. The van der Waals surface area contributed by atoms with Crippen LogP contribution in [0.1, 0.15) is 22.5 Å². The summed E-state index contributed by atoms with van der Waals surface area (Å²) in [6.07, 6.45) is 18.7. The molecular formula is C40H47N4O8+. The van der Waals surface area contributed by atoms with E-state index in [9.17, 15) is 9.90 Å². The van der Waals surface area contributed by atoms with Gasteiger partial charge in [0, 0.05) is 69.5 Å². The van der Waals surface area contributed by atoms with Crippen molar-refractivity contribution in [1.29, 1.82) is 0 Å². The Bertz CT molecular complexity index is 1790. The molecule has 12 nitrogen and oxygen atoms in total. The molecule has 0 saturated carbocycles. The van der Waals surface area contributed by atoms with Gasteiger partial charge in [-0.3, -0.25) is 14.8 Å². The van der Waals surface area contributed by atoms with Gasteiger partial charge in [-0.1, -0.05) is 6.08 Å². The zero-order valence-corrected chi connectivity index (χ0v) is 29.8. The average molecular weight is 712 g/mol. The number of ether oxygens (including phenoxy) is 6. The normalized spacial score (nSPS) is 16.0. The van der Waals surface area contributed by atoms with E-state index in [1.165, 1.54) is 0 Å². The van der Waals surface area contributed by atoms with Crippen molar-refractivity contribution in [3.05, 3.63) is 119 Å². The molecule has 3 aromatic rings. The first-order valence-corrected chi connectivity index (χ1v) is 17.3. The van der Waals surface area contributed by atoms with E-state index in [1.807, 2.05) is 82.0 Å². The predicted molar refractivity (Wildman–Crippen MR) is 199 cm³/mol. The van der Waals surface area contributed by atoms with E-state index in [-0.39, 0.29) is 22.7 Å². The van der Waals surface area contributed by atoms with Gasteiger partial charge in [0.05, 0.1) is 70.7 Å². The molecule has 3 aromatic heterocycles. The second-order valence-corrected chi connectivity index (χ2v) is 11.7. The fraction of sp³-hybridized carbons (Fsp3) is 0.350. The number of nitrogens with zero attached hydrogens (tertiary/aromatic N) is 4. The van der Waals surface area contributed by atoms with Gasteiger partial charge in [-0.25, -0.2) is 0 Å². The number of hydrogen-bond donors (Lipinski definition) is 1. The minimum Gasteiger partial charge on any atom is -0.506 e. The van der Waals surface area contributed by atoms with Crippen LogP contribution >= 0.6 is 0 Å². The van der Waals surface area contributed by atoms with Gasteiger partial charge in [-0.15, -0.1) is 0 Å². The summed E-state index contributed by atoms with van der Waals surface area (Å²) in [5.74, 6) is -0.275. The molecule has 0 spiro atoms. The predicted octanol–water partition coefficient (Wildman–Crippen LogP) is 4.65. The first-order chi connectivity index (χ1) is 25.6. The molecular weight excluding hydrogens is 664 g/mol. The van der Waals surface area contributed by atoms with E-state index in [0.717, 1.165) is 22.5 Å². The van der Waals surface area contributed by atoms with Gasteiger partial charge in [0.15, 0.2) is 6.54 Å². The molecule has 4 heterocycles. The summed E-state index contributed by atoms with van der Waals surface area (Å²) < 4.78 is 36.8. The number of allylic oxidation sites excluding steroid dienone is 5. The van der Waals surface area contributed by atoms with Crippen LogP contribution in [0.4, 0.5) is 0 Å². The lowest BCUT2D eigenvalue weighted by Crippen LogP contribution is -2.29. The van der Waals surface area contributed by atoms with Crippen molar-refractivity contribution in [3.63, 3.8) is 0 Å². The maximum Gasteiger partial charge on any atom is 0.221 e. The van der Waals surface area contributed by atoms with Crippen LogP contribution < -0.4 is 0 Å². The number of pyridine rings is 2. The minimum absolute atomic E-state index is 0.0436. The lowest BCUT2D eigenvalue weighted by atomic mass is 9.84. The maximum absolute atomic E-state index is 14.0. The van der Waals surface area contributed by atoms with Gasteiger partial charge in [0.25, 0.3) is 0 Å². The van der Waals surface area contributed by atoms with Crippen molar-refractivity contribution in [2.75, 3.05) is 86.8 Å². The van der Waals surface area contributed by atoms with E-state index in [2.05, 4.69) is 9.97 Å². The molecule has 5 rings (SSSR count). The average Bonchev–Trinajstić information content (AvgIpc) is 3.75. The Morgan fingerprint density at radius 3 is 1.81 bits per heavy atom. The summed E-state index contributed by atoms with van der Waals surface area (Å²) in [7, 11) is 3.27. The molecule has 0 fully saturated rings. The van der Waals surface area contributed by atoms with Crippen LogP contribution in [-0.4, -0.2) is 123 Å². The van der Waals surface area contributed by atoms with Crippen molar-refractivity contribution < 1.29 is 42.9 Å². The van der Waals surface area contributed by atoms with Crippen LogP contribution in [0.15, 0.2) is 96.4 Å². The van der Waals surface area contributed by atoms with Crippen LogP contribution in [0.25, 0.3) is 23.8 Å². The number of rotatable bonds is 23. The zero-order valence-electron chi connectivity index (χ0n) is 29.8. The Morgan fingerprint density at radius 1 is 0.654 bits per heavy atom. The number of aliphatic hydroxyl groups excluding tert-OH is 1. The highest BCUT2D eigenvalue weighted by molar-refractivity contribution is 6.39. The fourth-order valence-electron chi connectivity index (χ4n) is 5.62. The second kappa shape index (κ2) is 20.9. The molecule has 1 aliphatic heterocycles. The Balaban J connectivity index is 1.38. The highest BCUT2D eigenvalue weighted by atomic mass is 16.5. The highest BCUT2D eigenvalue weighted by Gasteiger charge is 2.43. The number of aromatic nitrogens is 3. The minimum atomic E-state index is -0.231. The summed E-state index contributed by atoms with van der Waals surface area (Å²) in [5, 5.41) is 11.6. The van der Waals surface area contributed by atoms with Crippen molar-refractivity contribution in [3.8, 4) is 0 Å². The van der Waals surface area contributed by atoms with Crippen LogP contribution in [0.5, 0.6) is 0 Å². The molecule has 2 aliphatic rings. The smallest absolute Gasteiger partial charge is 0.221 e. The quantitative estimate of drug-likeness (QED) is 0.0845. The van der Waals surface area contributed by atoms with Gasteiger partial charge in [0.1, 0.15) is 17.9 Å². The molecule has 0 radical (unpaired) electrons. The van der Waals surface area contributed by atoms with E-state index in [1.54, 1.807) is 39.0 Å². The lowest BCUT2D eigenvalue weighted by Gasteiger charge is -2.23. The number of ketones is 1. The Hall–Kier alpha value is -4.82. The van der Waals surface area contributed by atoms with E-state index < -0.39 is 0 Å². The van der Waals surface area contributed by atoms with E-state index in [0.29, 0.717) is 90.5 Å². The molecule has 0 atom stereocenters. The van der Waals surface area contributed by atoms with Crippen LogP contribution in [-0.2, 0) is 39.8 Å². The summed E-state index contributed by atoms with van der Waals surface area (Å²) in [6, 6.07) is 11.5. The largest absolute Gasteiger partial charge is 0.506 e. The van der Waals surface area contributed by atoms with Crippen LogP contribution in [0, 0.1) is 0 Å². The number of hydrogen-bond acceptors (Lipinski definition) is 10. The van der Waals surface area contributed by atoms with E-state index in [4.69, 9.17) is 28.4 Å². The van der Waals surface area contributed by atoms with Crippen molar-refractivity contribution in [2.24, 2.45) is 0 Å². The fourth-order valence-corrected chi connectivity index (χ4v) is 5.62. The number of carbonyl (C=O) groups is 1. The molecule has 0 unspecified atom stereocenters. The van der Waals surface area contributed by atoms with Crippen molar-refractivity contribution >= 4 is 35.3 Å². The molecule has 0 aromatic carbocycles. The molecule has 1 N–H and O–H groups in total. The topological polar surface area (TPSA) is 126 Å². The maximum atomic E-state index is 14.0.